The van der Waals surface area contributed by atoms with Crippen molar-refractivity contribution in [1.29, 1.82) is 0 Å². The van der Waals surface area contributed by atoms with E-state index >= 15 is 0 Å². The van der Waals surface area contributed by atoms with Crippen LogP contribution in [0.15, 0.2) is 0 Å². The van der Waals surface area contributed by atoms with Crippen LogP contribution in [0, 0.1) is 0 Å². The Hall–Kier alpha value is -0.0400. The molecule has 0 aromatic heterocycles. The van der Waals surface area contributed by atoms with Crippen molar-refractivity contribution in [3.8, 4) is 0 Å². The lowest BCUT2D eigenvalue weighted by Gasteiger charge is -2.42. The van der Waals surface area contributed by atoms with Crippen LogP contribution in [0.1, 0.15) is 71.1 Å². The number of likely N-dealkylation sites (tertiary alicyclic amines) is 1. The molecule has 2 fully saturated rings. The zero-order valence-electron chi connectivity index (χ0n) is 11.2. The van der Waals surface area contributed by atoms with Gasteiger partial charge in [0.25, 0.3) is 0 Å². The molecule has 2 aliphatic rings. The Labute approximate surface area is 102 Å². The van der Waals surface area contributed by atoms with Gasteiger partial charge < -0.3 is 4.48 Å². The first-order chi connectivity index (χ1) is 7.87. The molecule has 0 aromatic rings. The molecule has 0 radical (unpaired) electrons. The van der Waals surface area contributed by atoms with Crippen LogP contribution < -0.4 is 0 Å². The van der Waals surface area contributed by atoms with Gasteiger partial charge in [0.05, 0.1) is 25.7 Å². The maximum absolute atomic E-state index is 2.35. The van der Waals surface area contributed by atoms with Gasteiger partial charge in [-0.15, -0.1) is 0 Å². The standard InChI is InChI=1S/C15H30N/c1-2-3-12-16(13-8-9-14-16)15-10-6-4-5-7-11-15/h15H,2-14H2,1H3/q+1. The minimum Gasteiger partial charge on any atom is -0.321 e. The highest BCUT2D eigenvalue weighted by Crippen LogP contribution is 2.32. The summed E-state index contributed by atoms with van der Waals surface area (Å²) in [4.78, 5) is 0. The molecule has 1 saturated carbocycles. The maximum Gasteiger partial charge on any atom is 0.0890 e. The molecular weight excluding hydrogens is 194 g/mol. The number of hydrogen-bond donors (Lipinski definition) is 0. The van der Waals surface area contributed by atoms with Gasteiger partial charge in [-0.05, 0) is 32.1 Å². The highest BCUT2D eigenvalue weighted by Gasteiger charge is 2.38. The largest absolute Gasteiger partial charge is 0.321 e. The summed E-state index contributed by atoms with van der Waals surface area (Å²) in [5.74, 6) is 0. The van der Waals surface area contributed by atoms with Crippen molar-refractivity contribution in [2.45, 2.75) is 77.2 Å². The molecule has 16 heavy (non-hydrogen) atoms. The molecule has 1 aliphatic carbocycles. The van der Waals surface area contributed by atoms with Gasteiger partial charge in [0.15, 0.2) is 0 Å². The van der Waals surface area contributed by atoms with E-state index in [1.165, 1.54) is 88.3 Å². The first-order valence-electron chi connectivity index (χ1n) is 7.73. The second kappa shape index (κ2) is 6.05. The minimum absolute atomic E-state index is 1.04. The lowest BCUT2D eigenvalue weighted by atomic mass is 10.0. The van der Waals surface area contributed by atoms with Crippen LogP contribution in [0.25, 0.3) is 0 Å². The first-order valence-corrected chi connectivity index (χ1v) is 7.73. The molecule has 1 heteroatoms. The maximum atomic E-state index is 2.35. The molecule has 0 aromatic carbocycles. The number of rotatable bonds is 4. The summed E-state index contributed by atoms with van der Waals surface area (Å²) in [7, 11) is 0. The summed E-state index contributed by atoms with van der Waals surface area (Å²) in [6.45, 7) is 6.84. The quantitative estimate of drug-likeness (QED) is 0.498. The SMILES string of the molecule is CCCC[N+]1(C2CCCCCC2)CCCC1. The lowest BCUT2D eigenvalue weighted by Crippen LogP contribution is -2.53. The third kappa shape index (κ3) is 2.80. The Morgan fingerprint density at radius 3 is 2.06 bits per heavy atom. The van der Waals surface area contributed by atoms with Crippen molar-refractivity contribution in [3.05, 3.63) is 0 Å². The molecule has 0 atom stereocenters. The summed E-state index contributed by atoms with van der Waals surface area (Å²) in [5.41, 5.74) is 0. The highest BCUT2D eigenvalue weighted by molar-refractivity contribution is 4.69. The molecule has 1 nitrogen and oxygen atoms in total. The van der Waals surface area contributed by atoms with Gasteiger partial charge in [0.2, 0.25) is 0 Å². The summed E-state index contributed by atoms with van der Waals surface area (Å²) in [5, 5.41) is 0. The summed E-state index contributed by atoms with van der Waals surface area (Å²) < 4.78 is 1.52. The van der Waals surface area contributed by atoms with Gasteiger partial charge in [0.1, 0.15) is 0 Å². The first kappa shape index (κ1) is 12.4. The normalized spacial score (nSPS) is 26.8. The van der Waals surface area contributed by atoms with Crippen LogP contribution in [0.5, 0.6) is 0 Å². The highest BCUT2D eigenvalue weighted by atomic mass is 15.4. The molecule has 0 unspecified atom stereocenters. The van der Waals surface area contributed by atoms with Crippen LogP contribution in [-0.4, -0.2) is 30.2 Å². The Bertz CT molecular complexity index is 186. The van der Waals surface area contributed by atoms with E-state index in [9.17, 15) is 0 Å². The average molecular weight is 224 g/mol. The van der Waals surface area contributed by atoms with Crippen molar-refractivity contribution in [2.24, 2.45) is 0 Å². The van der Waals surface area contributed by atoms with Crippen LogP contribution in [0.3, 0.4) is 0 Å². The Morgan fingerprint density at radius 1 is 0.875 bits per heavy atom. The fourth-order valence-corrected chi connectivity index (χ4v) is 4.02. The average Bonchev–Trinajstić information content (AvgIpc) is 2.61. The van der Waals surface area contributed by atoms with Crippen LogP contribution in [0.2, 0.25) is 0 Å². The third-order valence-corrected chi connectivity index (χ3v) is 5.01. The van der Waals surface area contributed by atoms with Gasteiger partial charge >= 0.3 is 0 Å². The molecule has 1 aliphatic heterocycles. The molecule has 1 saturated heterocycles. The molecule has 1 heterocycles. The van der Waals surface area contributed by atoms with E-state index in [4.69, 9.17) is 0 Å². The van der Waals surface area contributed by atoms with Gasteiger partial charge in [-0.1, -0.05) is 26.2 Å². The van der Waals surface area contributed by atoms with E-state index in [0.29, 0.717) is 0 Å². The van der Waals surface area contributed by atoms with Crippen LogP contribution in [0.4, 0.5) is 0 Å². The number of nitrogens with zero attached hydrogens (tertiary/aromatic N) is 1. The van der Waals surface area contributed by atoms with Crippen molar-refractivity contribution < 1.29 is 4.48 Å². The fourth-order valence-electron chi connectivity index (χ4n) is 4.02. The molecular formula is C15H30N+. The zero-order valence-corrected chi connectivity index (χ0v) is 11.2. The van der Waals surface area contributed by atoms with Gasteiger partial charge in [-0.25, -0.2) is 0 Å². The van der Waals surface area contributed by atoms with Gasteiger partial charge in [-0.3, -0.25) is 0 Å². The van der Waals surface area contributed by atoms with Gasteiger partial charge in [0, 0.05) is 12.8 Å². The third-order valence-electron chi connectivity index (χ3n) is 5.01. The number of quaternary nitrogens is 1. The zero-order chi connectivity index (χ0) is 11.3. The molecule has 0 spiro atoms. The number of unbranched alkanes of at least 4 members (excludes halogenated alkanes) is 1. The minimum atomic E-state index is 1.04. The van der Waals surface area contributed by atoms with Crippen molar-refractivity contribution in [2.75, 3.05) is 19.6 Å². The Kier molecular flexibility index (Phi) is 4.69. The Balaban J connectivity index is 1.98. The van der Waals surface area contributed by atoms with E-state index in [0.717, 1.165) is 6.04 Å². The molecule has 2 rings (SSSR count). The van der Waals surface area contributed by atoms with Crippen LogP contribution in [-0.2, 0) is 0 Å². The smallest absolute Gasteiger partial charge is 0.0890 e. The predicted molar refractivity (Wildman–Crippen MR) is 70.5 cm³/mol. The summed E-state index contributed by atoms with van der Waals surface area (Å²) in [6, 6.07) is 1.04. The monoisotopic (exact) mass is 224 g/mol. The topological polar surface area (TPSA) is 0 Å². The molecule has 94 valence electrons. The van der Waals surface area contributed by atoms with Crippen LogP contribution >= 0.6 is 0 Å². The van der Waals surface area contributed by atoms with Gasteiger partial charge in [-0.2, -0.15) is 0 Å². The fraction of sp³-hybridized carbons (Fsp3) is 1.00. The second-order valence-electron chi connectivity index (χ2n) is 6.10. The van der Waals surface area contributed by atoms with Crippen molar-refractivity contribution in [1.82, 2.24) is 0 Å². The molecule has 0 amide bonds. The number of hydrogen-bond acceptors (Lipinski definition) is 0. The van der Waals surface area contributed by atoms with E-state index in [2.05, 4.69) is 6.92 Å². The second-order valence-corrected chi connectivity index (χ2v) is 6.10. The summed E-state index contributed by atoms with van der Waals surface area (Å²) >= 11 is 0. The lowest BCUT2D eigenvalue weighted by molar-refractivity contribution is -0.941. The van der Waals surface area contributed by atoms with E-state index in [1.807, 2.05) is 0 Å². The van der Waals surface area contributed by atoms with E-state index in [-0.39, 0.29) is 0 Å². The Morgan fingerprint density at radius 2 is 1.50 bits per heavy atom. The van der Waals surface area contributed by atoms with E-state index in [1.54, 1.807) is 0 Å². The molecule has 0 bridgehead atoms. The molecule has 0 N–H and O–H groups in total. The summed E-state index contributed by atoms with van der Waals surface area (Å²) in [6.07, 6.45) is 14.9. The van der Waals surface area contributed by atoms with E-state index < -0.39 is 0 Å². The predicted octanol–water partition coefficient (Wildman–Crippen LogP) is 4.12. The van der Waals surface area contributed by atoms with Crippen molar-refractivity contribution in [3.63, 3.8) is 0 Å². The van der Waals surface area contributed by atoms with Crippen molar-refractivity contribution >= 4 is 0 Å².